The molecule has 0 saturated carbocycles. The van der Waals surface area contributed by atoms with Gasteiger partial charge in [0.25, 0.3) is 0 Å². The molecule has 2 heterocycles. The van der Waals surface area contributed by atoms with Crippen LogP contribution in [0.1, 0.15) is 23.7 Å². The molecule has 1 aliphatic rings. The van der Waals surface area contributed by atoms with E-state index in [1.54, 1.807) is 0 Å². The van der Waals surface area contributed by atoms with Crippen LogP contribution in [-0.2, 0) is 0 Å². The average molecular weight is 730 g/mol. The number of nitrogens with zero attached hydrogens (tertiary/aromatic N) is 3. The van der Waals surface area contributed by atoms with Crippen LogP contribution in [0.15, 0.2) is 199 Å². The summed E-state index contributed by atoms with van der Waals surface area (Å²) in [6, 6.07) is 61.9. The Kier molecular flexibility index (Phi) is 7.92. The predicted molar refractivity (Wildman–Crippen MR) is 235 cm³/mol. The first kappa shape index (κ1) is 33.0. The second-order valence-corrected chi connectivity index (χ2v) is 14.8. The fourth-order valence-electron chi connectivity index (χ4n) is 8.24. The minimum Gasteiger partial charge on any atom is -0.456 e. The molecule has 8 aromatic carbocycles. The highest BCUT2D eigenvalue weighted by Crippen LogP contribution is 2.41. The summed E-state index contributed by atoms with van der Waals surface area (Å²) in [5, 5.41) is 6.83. The Hall–Kier alpha value is -7.43. The third kappa shape index (κ3) is 6.09. The van der Waals surface area contributed by atoms with E-state index in [2.05, 4.69) is 176 Å². The quantitative estimate of drug-likeness (QED) is 0.171. The molecule has 0 saturated heterocycles. The zero-order valence-corrected chi connectivity index (χ0v) is 31.0. The fourth-order valence-corrected chi connectivity index (χ4v) is 8.24. The molecule has 11 rings (SSSR count). The molecule has 0 bridgehead atoms. The fraction of sp³-hybridized carbons (Fsp3) is 0.0377. The molecule has 0 aliphatic heterocycles. The Balaban J connectivity index is 1.07. The molecular formula is C53H35N3O. The maximum Gasteiger partial charge on any atom is 0.164 e. The topological polar surface area (TPSA) is 51.8 Å². The summed E-state index contributed by atoms with van der Waals surface area (Å²) in [6.45, 7) is 0. The van der Waals surface area contributed by atoms with Gasteiger partial charge in [0.05, 0.1) is 0 Å². The Morgan fingerprint density at radius 3 is 1.82 bits per heavy atom. The number of furan rings is 1. The lowest BCUT2D eigenvalue weighted by molar-refractivity contribution is 0.669. The van der Waals surface area contributed by atoms with Gasteiger partial charge in [0.15, 0.2) is 17.5 Å². The Bertz CT molecular complexity index is 3210. The van der Waals surface area contributed by atoms with Gasteiger partial charge in [0.2, 0.25) is 0 Å². The van der Waals surface area contributed by atoms with Gasteiger partial charge < -0.3 is 4.42 Å². The zero-order chi connectivity index (χ0) is 37.7. The van der Waals surface area contributed by atoms with Crippen molar-refractivity contribution >= 4 is 49.1 Å². The van der Waals surface area contributed by atoms with Crippen LogP contribution in [0, 0.1) is 0 Å². The van der Waals surface area contributed by atoms with Gasteiger partial charge in [-0.3, -0.25) is 0 Å². The van der Waals surface area contributed by atoms with Crippen molar-refractivity contribution in [2.24, 2.45) is 0 Å². The van der Waals surface area contributed by atoms with Crippen LogP contribution >= 0.6 is 0 Å². The number of aromatic nitrogens is 3. The predicted octanol–water partition coefficient (Wildman–Crippen LogP) is 13.9. The van der Waals surface area contributed by atoms with Gasteiger partial charge in [-0.2, -0.15) is 0 Å². The highest BCUT2D eigenvalue weighted by Gasteiger charge is 2.21. The van der Waals surface area contributed by atoms with Gasteiger partial charge in [-0.05, 0) is 80.0 Å². The smallest absolute Gasteiger partial charge is 0.164 e. The molecule has 0 amide bonds. The first-order chi connectivity index (χ1) is 28.2. The maximum absolute atomic E-state index is 6.57. The molecule has 4 nitrogen and oxygen atoms in total. The lowest BCUT2D eigenvalue weighted by Crippen LogP contribution is -2.05. The number of rotatable bonds is 6. The number of fused-ring (bicyclic) bond motifs is 5. The Morgan fingerprint density at radius 1 is 0.439 bits per heavy atom. The maximum atomic E-state index is 6.57. The van der Waals surface area contributed by atoms with E-state index < -0.39 is 0 Å². The number of hydrogen-bond acceptors (Lipinski definition) is 4. The van der Waals surface area contributed by atoms with Crippen LogP contribution < -0.4 is 0 Å². The summed E-state index contributed by atoms with van der Waals surface area (Å²) in [5.74, 6) is 2.15. The SMILES string of the molecule is C1=CC(c2ccc3ccccc3c2)CC=C1c1nc(-c2ccc3ccccc3c2)nc(-c2cc(-c3ccc(-c4ccccc4)cc3)cc3oc4ccccc4c23)n1. The normalized spacial score (nSPS) is 14.1. The molecule has 1 aliphatic carbocycles. The van der Waals surface area contributed by atoms with E-state index >= 15 is 0 Å². The van der Waals surface area contributed by atoms with Gasteiger partial charge in [-0.15, -0.1) is 0 Å². The van der Waals surface area contributed by atoms with Crippen molar-refractivity contribution in [3.8, 4) is 45.0 Å². The molecule has 4 heteroatoms. The van der Waals surface area contributed by atoms with Crippen molar-refractivity contribution in [2.75, 3.05) is 0 Å². The highest BCUT2D eigenvalue weighted by molar-refractivity contribution is 6.13. The summed E-state index contributed by atoms with van der Waals surface area (Å²) < 4.78 is 6.57. The summed E-state index contributed by atoms with van der Waals surface area (Å²) in [4.78, 5) is 15.8. The van der Waals surface area contributed by atoms with Crippen molar-refractivity contribution in [3.05, 3.63) is 206 Å². The molecule has 0 fully saturated rings. The van der Waals surface area contributed by atoms with E-state index in [9.17, 15) is 0 Å². The van der Waals surface area contributed by atoms with Gasteiger partial charge >= 0.3 is 0 Å². The largest absolute Gasteiger partial charge is 0.456 e. The second kappa shape index (κ2) is 13.7. The van der Waals surface area contributed by atoms with E-state index in [0.29, 0.717) is 17.5 Å². The van der Waals surface area contributed by atoms with Gasteiger partial charge in [0.1, 0.15) is 11.2 Å². The van der Waals surface area contributed by atoms with E-state index in [1.807, 2.05) is 18.2 Å². The second-order valence-electron chi connectivity index (χ2n) is 14.8. The van der Waals surface area contributed by atoms with Crippen LogP contribution in [0.2, 0.25) is 0 Å². The van der Waals surface area contributed by atoms with Crippen LogP contribution in [-0.4, -0.2) is 15.0 Å². The highest BCUT2D eigenvalue weighted by atomic mass is 16.3. The molecule has 2 aromatic heterocycles. The molecule has 57 heavy (non-hydrogen) atoms. The van der Waals surface area contributed by atoms with E-state index in [1.165, 1.54) is 32.8 Å². The monoisotopic (exact) mass is 729 g/mol. The van der Waals surface area contributed by atoms with Crippen LogP contribution in [0.5, 0.6) is 0 Å². The van der Waals surface area contributed by atoms with E-state index in [0.717, 1.165) is 61.6 Å². The lowest BCUT2D eigenvalue weighted by Gasteiger charge is -2.18. The molecule has 1 unspecified atom stereocenters. The van der Waals surface area contributed by atoms with E-state index in [4.69, 9.17) is 19.4 Å². The van der Waals surface area contributed by atoms with Gasteiger partial charge in [-0.1, -0.05) is 170 Å². The lowest BCUT2D eigenvalue weighted by atomic mass is 9.89. The molecule has 0 N–H and O–H groups in total. The Morgan fingerprint density at radius 2 is 1.05 bits per heavy atom. The summed E-state index contributed by atoms with van der Waals surface area (Å²) in [5.41, 5.74) is 10.2. The molecule has 10 aromatic rings. The summed E-state index contributed by atoms with van der Waals surface area (Å²) in [7, 11) is 0. The van der Waals surface area contributed by atoms with Crippen molar-refractivity contribution in [1.29, 1.82) is 0 Å². The first-order valence-corrected chi connectivity index (χ1v) is 19.4. The van der Waals surface area contributed by atoms with Crippen LogP contribution in [0.4, 0.5) is 0 Å². The number of hydrogen-bond donors (Lipinski definition) is 0. The van der Waals surface area contributed by atoms with Crippen LogP contribution in [0.25, 0.3) is 94.1 Å². The van der Waals surface area contributed by atoms with Gasteiger partial charge in [-0.25, -0.2) is 15.0 Å². The van der Waals surface area contributed by atoms with Crippen molar-refractivity contribution in [1.82, 2.24) is 15.0 Å². The minimum atomic E-state index is 0.265. The molecular weight excluding hydrogens is 695 g/mol. The molecule has 0 spiro atoms. The minimum absolute atomic E-state index is 0.265. The zero-order valence-electron chi connectivity index (χ0n) is 31.0. The third-order valence-corrected chi connectivity index (χ3v) is 11.2. The van der Waals surface area contributed by atoms with Crippen molar-refractivity contribution < 1.29 is 4.42 Å². The van der Waals surface area contributed by atoms with Crippen LogP contribution in [0.3, 0.4) is 0 Å². The molecule has 0 radical (unpaired) electrons. The third-order valence-electron chi connectivity index (χ3n) is 11.2. The standard InChI is InChI=1S/C53H35N3O/c1-2-10-34(11-3-1)37-18-20-39(21-19-37)45-32-47(50-46-16-8-9-17-48(46)57-49(50)33-45)53-55-51(54-52(56-53)44-29-25-36-13-5-7-15-42(36)31-44)40-26-22-38(23-27-40)43-28-24-35-12-4-6-14-41(35)30-43/h1-22,24-33,38H,23H2. The number of allylic oxidation sites excluding steroid dienone is 4. The molecule has 1 atom stereocenters. The average Bonchev–Trinajstić information content (AvgIpc) is 3.67. The van der Waals surface area contributed by atoms with Gasteiger partial charge in [0, 0.05) is 33.4 Å². The van der Waals surface area contributed by atoms with Crippen molar-refractivity contribution in [2.45, 2.75) is 12.3 Å². The summed E-state index contributed by atoms with van der Waals surface area (Å²) in [6.07, 6.45) is 7.60. The number of benzene rings is 8. The number of para-hydroxylation sites is 1. The Labute approximate surface area is 330 Å². The van der Waals surface area contributed by atoms with E-state index in [-0.39, 0.29) is 5.92 Å². The summed E-state index contributed by atoms with van der Waals surface area (Å²) >= 11 is 0. The molecule has 268 valence electrons. The first-order valence-electron chi connectivity index (χ1n) is 19.4. The van der Waals surface area contributed by atoms with Crippen molar-refractivity contribution in [3.63, 3.8) is 0 Å².